The fourth-order valence-corrected chi connectivity index (χ4v) is 4.35. The molecule has 0 saturated heterocycles. The third kappa shape index (κ3) is 4.62. The highest BCUT2D eigenvalue weighted by Crippen LogP contribution is 2.24. The van der Waals surface area contributed by atoms with Gasteiger partial charge in [0.15, 0.2) is 9.84 Å². The van der Waals surface area contributed by atoms with Gasteiger partial charge in [-0.05, 0) is 29.8 Å². The summed E-state index contributed by atoms with van der Waals surface area (Å²) in [7, 11) is -2.21. The highest BCUT2D eigenvalue weighted by atomic mass is 32.2. The molecule has 2 aromatic carbocycles. The number of nitrogens with zero attached hydrogens (tertiary/aromatic N) is 3. The number of fused-ring (bicyclic) bond motifs is 1. The molecule has 1 amide bonds. The number of para-hydroxylation sites is 2. The number of amides is 1. The van der Waals surface area contributed by atoms with Crippen LogP contribution in [0.2, 0.25) is 0 Å². The molecule has 0 aliphatic heterocycles. The van der Waals surface area contributed by atoms with Crippen molar-refractivity contribution in [2.45, 2.75) is 11.8 Å². The maximum absolute atomic E-state index is 12.7. The van der Waals surface area contributed by atoms with Crippen molar-refractivity contribution in [1.29, 1.82) is 0 Å². The monoisotopic (exact) mass is 401 g/mol. The van der Waals surface area contributed by atoms with Gasteiger partial charge in [-0.25, -0.2) is 18.5 Å². The molecular formula is C19H19N3O5S. The first kappa shape index (κ1) is 19.7. The van der Waals surface area contributed by atoms with Crippen molar-refractivity contribution in [3.8, 4) is 5.75 Å². The summed E-state index contributed by atoms with van der Waals surface area (Å²) in [6.45, 7) is 0. The average molecular weight is 401 g/mol. The van der Waals surface area contributed by atoms with Crippen molar-refractivity contribution in [1.82, 2.24) is 15.0 Å². The number of rotatable bonds is 8. The van der Waals surface area contributed by atoms with Gasteiger partial charge in [0.2, 0.25) is 6.41 Å². The normalized spacial score (nSPS) is 12.5. The van der Waals surface area contributed by atoms with E-state index >= 15 is 0 Å². The van der Waals surface area contributed by atoms with Crippen LogP contribution in [0.1, 0.15) is 17.3 Å². The van der Waals surface area contributed by atoms with Crippen molar-refractivity contribution in [2.75, 3.05) is 12.9 Å². The van der Waals surface area contributed by atoms with Crippen molar-refractivity contribution < 1.29 is 23.2 Å². The van der Waals surface area contributed by atoms with Crippen LogP contribution in [0.4, 0.5) is 0 Å². The Bertz CT molecular complexity index is 1070. The number of carbonyl (C=O) groups is 1. The van der Waals surface area contributed by atoms with Gasteiger partial charge in [-0.1, -0.05) is 24.3 Å². The minimum atomic E-state index is -3.72. The molecule has 0 aliphatic rings. The number of aromatic nitrogens is 2. The molecular weight excluding hydrogens is 382 g/mol. The zero-order valence-electron chi connectivity index (χ0n) is 15.1. The topological polar surface area (TPSA) is 110 Å². The van der Waals surface area contributed by atoms with Crippen molar-refractivity contribution >= 4 is 27.3 Å². The van der Waals surface area contributed by atoms with E-state index in [4.69, 9.17) is 4.74 Å². The zero-order chi connectivity index (χ0) is 20.1. The molecule has 1 unspecified atom stereocenters. The summed E-state index contributed by atoms with van der Waals surface area (Å²) >= 11 is 0. The van der Waals surface area contributed by atoms with Crippen LogP contribution in [0.5, 0.6) is 5.75 Å². The first-order valence-corrected chi connectivity index (χ1v) is 10.2. The lowest BCUT2D eigenvalue weighted by molar-refractivity contribution is -0.158. The SMILES string of the molecule is COc1ccc(C(CS(=O)(=O)Cc2cnc3ccccc3n2)N(O)C=O)cc1. The average Bonchev–Trinajstić information content (AvgIpc) is 2.71. The van der Waals surface area contributed by atoms with Crippen LogP contribution in [0, 0.1) is 0 Å². The lowest BCUT2D eigenvalue weighted by atomic mass is 10.1. The zero-order valence-corrected chi connectivity index (χ0v) is 15.9. The van der Waals surface area contributed by atoms with Gasteiger partial charge in [0, 0.05) is 0 Å². The van der Waals surface area contributed by atoms with Gasteiger partial charge < -0.3 is 4.74 Å². The molecule has 28 heavy (non-hydrogen) atoms. The maximum Gasteiger partial charge on any atom is 0.233 e. The molecule has 0 bridgehead atoms. The second-order valence-electron chi connectivity index (χ2n) is 6.18. The summed E-state index contributed by atoms with van der Waals surface area (Å²) in [4.78, 5) is 19.6. The van der Waals surface area contributed by atoms with Crippen LogP contribution in [-0.4, -0.2) is 47.9 Å². The second-order valence-corrected chi connectivity index (χ2v) is 8.29. The maximum atomic E-state index is 12.7. The molecule has 1 aromatic heterocycles. The van der Waals surface area contributed by atoms with E-state index in [0.29, 0.717) is 33.1 Å². The van der Waals surface area contributed by atoms with Gasteiger partial charge in [0.1, 0.15) is 5.75 Å². The molecule has 0 fully saturated rings. The Hall–Kier alpha value is -3.04. The van der Waals surface area contributed by atoms with Crippen molar-refractivity contribution in [3.63, 3.8) is 0 Å². The molecule has 0 spiro atoms. The smallest absolute Gasteiger partial charge is 0.233 e. The Morgan fingerprint density at radius 2 is 1.82 bits per heavy atom. The van der Waals surface area contributed by atoms with E-state index in [0.717, 1.165) is 0 Å². The van der Waals surface area contributed by atoms with Gasteiger partial charge in [-0.3, -0.25) is 15.0 Å². The molecule has 0 saturated carbocycles. The van der Waals surface area contributed by atoms with Crippen LogP contribution < -0.4 is 4.74 Å². The minimum Gasteiger partial charge on any atom is -0.497 e. The number of hydrogen-bond donors (Lipinski definition) is 1. The Morgan fingerprint density at radius 1 is 1.14 bits per heavy atom. The van der Waals surface area contributed by atoms with Gasteiger partial charge >= 0.3 is 0 Å². The summed E-state index contributed by atoms with van der Waals surface area (Å²) in [6, 6.07) is 12.6. The highest BCUT2D eigenvalue weighted by Gasteiger charge is 2.26. The fraction of sp³-hybridized carbons (Fsp3) is 0.211. The van der Waals surface area contributed by atoms with E-state index in [-0.39, 0.29) is 12.2 Å². The first-order chi connectivity index (χ1) is 13.4. The summed E-state index contributed by atoms with van der Waals surface area (Å²) in [6.07, 6.45) is 1.60. The Morgan fingerprint density at radius 3 is 2.46 bits per heavy atom. The Labute approximate surface area is 162 Å². The number of sulfone groups is 1. The predicted molar refractivity (Wildman–Crippen MR) is 102 cm³/mol. The third-order valence-corrected chi connectivity index (χ3v) is 5.77. The number of hydroxylamine groups is 2. The number of carbonyl (C=O) groups excluding carboxylic acids is 1. The second kappa shape index (κ2) is 8.32. The predicted octanol–water partition coefficient (Wildman–Crippen LogP) is 2.14. The van der Waals surface area contributed by atoms with E-state index in [9.17, 15) is 18.4 Å². The summed E-state index contributed by atoms with van der Waals surface area (Å²) in [5.74, 6) is -0.250. The number of benzene rings is 2. The molecule has 0 radical (unpaired) electrons. The van der Waals surface area contributed by atoms with E-state index in [1.807, 2.05) is 6.07 Å². The standard InChI is InChI=1S/C19H19N3O5S/c1-27-16-8-6-14(7-9-16)19(22(24)13-23)12-28(25,26)11-15-10-20-17-4-2-3-5-18(17)21-15/h2-10,13,19,24H,11-12H2,1H3. The molecule has 0 aliphatic carbocycles. The van der Waals surface area contributed by atoms with Crippen LogP contribution >= 0.6 is 0 Å². The Balaban J connectivity index is 1.84. The molecule has 1 heterocycles. The summed E-state index contributed by atoms with van der Waals surface area (Å²) in [5.41, 5.74) is 2.02. The fourth-order valence-electron chi connectivity index (χ4n) is 2.81. The molecule has 146 valence electrons. The van der Waals surface area contributed by atoms with Crippen molar-refractivity contribution in [3.05, 3.63) is 66.0 Å². The van der Waals surface area contributed by atoms with Gasteiger partial charge in [-0.15, -0.1) is 0 Å². The van der Waals surface area contributed by atoms with Crippen LogP contribution in [-0.2, 0) is 20.4 Å². The molecule has 3 aromatic rings. The molecule has 8 nitrogen and oxygen atoms in total. The van der Waals surface area contributed by atoms with Crippen LogP contribution in [0.15, 0.2) is 54.7 Å². The largest absolute Gasteiger partial charge is 0.497 e. The lowest BCUT2D eigenvalue weighted by Crippen LogP contribution is -2.30. The number of hydrogen-bond acceptors (Lipinski definition) is 7. The summed E-state index contributed by atoms with van der Waals surface area (Å²) in [5, 5.41) is 10.3. The van der Waals surface area contributed by atoms with Gasteiger partial charge in [0.25, 0.3) is 0 Å². The first-order valence-electron chi connectivity index (χ1n) is 8.39. The highest BCUT2D eigenvalue weighted by molar-refractivity contribution is 7.90. The minimum absolute atomic E-state index is 0.181. The summed E-state index contributed by atoms with van der Waals surface area (Å²) < 4.78 is 30.5. The Kier molecular flexibility index (Phi) is 5.86. The molecule has 1 N–H and O–H groups in total. The number of methoxy groups -OCH3 is 1. The van der Waals surface area contributed by atoms with Crippen LogP contribution in [0.3, 0.4) is 0 Å². The molecule has 3 rings (SSSR count). The van der Waals surface area contributed by atoms with Crippen molar-refractivity contribution in [2.24, 2.45) is 0 Å². The van der Waals surface area contributed by atoms with E-state index in [1.54, 1.807) is 42.5 Å². The van der Waals surface area contributed by atoms with Gasteiger partial charge in [-0.2, -0.15) is 0 Å². The molecule has 1 atom stereocenters. The molecule has 9 heteroatoms. The quantitative estimate of drug-likeness (QED) is 0.350. The third-order valence-electron chi connectivity index (χ3n) is 4.21. The lowest BCUT2D eigenvalue weighted by Gasteiger charge is -2.23. The van der Waals surface area contributed by atoms with Crippen LogP contribution in [0.25, 0.3) is 11.0 Å². The van der Waals surface area contributed by atoms with E-state index < -0.39 is 21.6 Å². The van der Waals surface area contributed by atoms with Gasteiger partial charge in [0.05, 0.1) is 47.6 Å². The van der Waals surface area contributed by atoms with E-state index in [1.165, 1.54) is 13.3 Å². The van der Waals surface area contributed by atoms with E-state index in [2.05, 4.69) is 9.97 Å². The number of ether oxygens (including phenoxy) is 1.